The molecule has 0 aliphatic rings. The fraction of sp³-hybridized carbons (Fsp3) is 0.143. The maximum Gasteiger partial charge on any atom is 0.573 e. The van der Waals surface area contributed by atoms with E-state index < -0.39 is 23.4 Å². The number of hydrogen-bond acceptors (Lipinski definition) is 5. The van der Waals surface area contributed by atoms with Crippen LogP contribution in [-0.2, 0) is 11.8 Å². The molecule has 5 nitrogen and oxygen atoms in total. The Balaban J connectivity index is 1.16. The van der Waals surface area contributed by atoms with E-state index in [4.69, 9.17) is 8.83 Å². The van der Waals surface area contributed by atoms with Gasteiger partial charge in [-0.25, -0.2) is 8.78 Å². The van der Waals surface area contributed by atoms with Crippen LogP contribution >= 0.6 is 22.9 Å². The van der Waals surface area contributed by atoms with Gasteiger partial charge in [0.1, 0.15) is 0 Å². The third-order valence-electron chi connectivity index (χ3n) is 9.56. The molecule has 8 aromatic rings. The number of alkyl halides is 3. The Morgan fingerprint density at radius 2 is 1.15 bits per heavy atom. The third-order valence-corrected chi connectivity index (χ3v) is 10.6. The molecule has 268 valence electrons. The van der Waals surface area contributed by atoms with Crippen LogP contribution in [0, 0.1) is 11.6 Å². The first-order valence-corrected chi connectivity index (χ1v) is 17.6. The van der Waals surface area contributed by atoms with Crippen molar-refractivity contribution < 1.29 is 35.5 Å². The average Bonchev–Trinajstić information content (AvgIpc) is 3.70. The highest BCUT2D eigenvalue weighted by Gasteiger charge is 2.33. The van der Waals surface area contributed by atoms with Gasteiger partial charge in [0.05, 0.1) is 39.9 Å². The minimum atomic E-state index is -4.88. The molecule has 2 aromatic heterocycles. The summed E-state index contributed by atoms with van der Waals surface area (Å²) in [6.45, 7) is 4.19. The number of nitrogens with zero attached hydrogens (tertiary/aromatic N) is 2. The number of fused-ring (bicyclic) bond motifs is 6. The van der Waals surface area contributed by atoms with Crippen LogP contribution in [0.25, 0.3) is 43.9 Å². The number of furan rings is 2. The summed E-state index contributed by atoms with van der Waals surface area (Å²) in [5, 5.41) is 2.67. The molecule has 0 spiro atoms. The normalized spacial score (nSPS) is 12.3. The minimum Gasteiger partial charge on any atom is -0.451 e. The zero-order valence-corrected chi connectivity index (χ0v) is 30.7. The monoisotopic (exact) mass is 832 g/mol. The Labute approximate surface area is 314 Å². The van der Waals surface area contributed by atoms with Crippen LogP contribution in [-0.4, -0.2) is 13.4 Å². The number of hydrogen-bond donors (Lipinski definition) is 0. The van der Waals surface area contributed by atoms with Crippen LogP contribution < -0.4 is 12.8 Å². The van der Waals surface area contributed by atoms with Crippen LogP contribution in [0.3, 0.4) is 0 Å². The third kappa shape index (κ3) is 6.20. The molecular formula is C42H30F5IN2O3. The number of halogens is 6. The Bertz CT molecular complexity index is 2680. The first-order valence-electron chi connectivity index (χ1n) is 16.7. The number of benzene rings is 6. The van der Waals surface area contributed by atoms with E-state index in [-0.39, 0.29) is 22.6 Å². The molecule has 2 heterocycles. The molecule has 0 N–H and O–H groups in total. The zero-order valence-electron chi connectivity index (χ0n) is 28.6. The lowest BCUT2D eigenvalue weighted by Crippen LogP contribution is -2.24. The molecule has 11 heteroatoms. The SMILES string of the molecule is CN(c1ccccc1C(C)(C)Cc1cc(F)c2oc3c(N(I)c4ccccc4OC(F)(F)F)cccc3c2c1)c1cccc2c1oc1c(F)cccc12. The summed E-state index contributed by atoms with van der Waals surface area (Å²) >= 11 is 1.89. The second-order valence-corrected chi connectivity index (χ2v) is 14.5. The van der Waals surface area contributed by atoms with Gasteiger partial charge in [0.15, 0.2) is 39.7 Å². The molecule has 0 aliphatic carbocycles. The van der Waals surface area contributed by atoms with Gasteiger partial charge < -0.3 is 18.5 Å². The van der Waals surface area contributed by atoms with Gasteiger partial charge in [-0.05, 0) is 71.5 Å². The van der Waals surface area contributed by atoms with Gasteiger partial charge in [-0.3, -0.25) is 3.11 Å². The first kappa shape index (κ1) is 34.8. The van der Waals surface area contributed by atoms with Gasteiger partial charge in [0.25, 0.3) is 0 Å². The minimum absolute atomic E-state index is 0.0501. The van der Waals surface area contributed by atoms with Gasteiger partial charge in [0, 0.05) is 34.3 Å². The van der Waals surface area contributed by atoms with Crippen LogP contribution in [0.4, 0.5) is 44.7 Å². The molecule has 0 bridgehead atoms. The fourth-order valence-corrected chi connectivity index (χ4v) is 8.00. The molecule has 0 aliphatic heterocycles. The summed E-state index contributed by atoms with van der Waals surface area (Å²) in [7, 11) is 1.94. The predicted molar refractivity (Wildman–Crippen MR) is 208 cm³/mol. The Kier molecular flexibility index (Phi) is 8.51. The second-order valence-electron chi connectivity index (χ2n) is 13.5. The molecule has 0 saturated heterocycles. The first-order chi connectivity index (χ1) is 25.3. The summed E-state index contributed by atoms with van der Waals surface area (Å²) in [6.07, 6.45) is -4.43. The average molecular weight is 833 g/mol. The van der Waals surface area contributed by atoms with Crippen molar-refractivity contribution in [2.24, 2.45) is 0 Å². The lowest BCUT2D eigenvalue weighted by Gasteiger charge is -2.32. The maximum atomic E-state index is 16.0. The van der Waals surface area contributed by atoms with Crippen molar-refractivity contribution in [1.29, 1.82) is 0 Å². The molecular weight excluding hydrogens is 802 g/mol. The number of anilines is 4. The molecule has 0 unspecified atom stereocenters. The molecule has 0 atom stereocenters. The molecule has 0 fully saturated rings. The summed E-state index contributed by atoms with van der Waals surface area (Å²) in [5.74, 6) is -1.36. The zero-order chi connectivity index (χ0) is 37.2. The van der Waals surface area contributed by atoms with Gasteiger partial charge in [-0.15, -0.1) is 13.2 Å². The van der Waals surface area contributed by atoms with E-state index in [1.807, 2.05) is 89.4 Å². The Hall–Kier alpha value is -5.30. The number of ether oxygens (including phenoxy) is 1. The Morgan fingerprint density at radius 3 is 1.87 bits per heavy atom. The van der Waals surface area contributed by atoms with E-state index in [0.29, 0.717) is 39.4 Å². The molecule has 0 radical (unpaired) electrons. The van der Waals surface area contributed by atoms with E-state index in [0.717, 1.165) is 27.9 Å². The van der Waals surface area contributed by atoms with E-state index in [1.54, 1.807) is 30.3 Å². The molecule has 8 rings (SSSR count). The van der Waals surface area contributed by atoms with Gasteiger partial charge in [-0.1, -0.05) is 80.6 Å². The molecule has 6 aromatic carbocycles. The number of para-hydroxylation sites is 6. The van der Waals surface area contributed by atoms with Gasteiger partial charge in [0.2, 0.25) is 0 Å². The lowest BCUT2D eigenvalue weighted by atomic mass is 9.78. The van der Waals surface area contributed by atoms with Crippen LogP contribution in [0.2, 0.25) is 0 Å². The summed E-state index contributed by atoms with van der Waals surface area (Å²) < 4.78 is 88.3. The highest BCUT2D eigenvalue weighted by atomic mass is 127. The van der Waals surface area contributed by atoms with E-state index >= 15 is 4.39 Å². The molecule has 53 heavy (non-hydrogen) atoms. The van der Waals surface area contributed by atoms with Crippen LogP contribution in [0.5, 0.6) is 5.75 Å². The highest BCUT2D eigenvalue weighted by Crippen LogP contribution is 2.46. The number of rotatable bonds is 8. The van der Waals surface area contributed by atoms with Gasteiger partial charge in [-0.2, -0.15) is 0 Å². The van der Waals surface area contributed by atoms with Crippen molar-refractivity contribution in [1.82, 2.24) is 0 Å². The Morgan fingerprint density at radius 1 is 0.604 bits per heavy atom. The molecule has 0 saturated carbocycles. The van der Waals surface area contributed by atoms with E-state index in [2.05, 4.69) is 18.6 Å². The van der Waals surface area contributed by atoms with Crippen molar-refractivity contribution in [2.45, 2.75) is 32.0 Å². The summed E-state index contributed by atoms with van der Waals surface area (Å²) in [5.41, 5.74) is 4.63. The van der Waals surface area contributed by atoms with Crippen molar-refractivity contribution in [2.75, 3.05) is 15.1 Å². The highest BCUT2D eigenvalue weighted by molar-refractivity contribution is 14.1. The van der Waals surface area contributed by atoms with Crippen molar-refractivity contribution >= 4 is 89.5 Å². The largest absolute Gasteiger partial charge is 0.573 e. The summed E-state index contributed by atoms with van der Waals surface area (Å²) in [6, 6.07) is 33.1. The van der Waals surface area contributed by atoms with E-state index in [9.17, 15) is 17.6 Å². The second kappa shape index (κ2) is 13.0. The van der Waals surface area contributed by atoms with Crippen LogP contribution in [0.1, 0.15) is 25.0 Å². The van der Waals surface area contributed by atoms with Crippen LogP contribution in [0.15, 0.2) is 124 Å². The fourth-order valence-electron chi connectivity index (χ4n) is 7.23. The molecule has 0 amide bonds. The predicted octanol–water partition coefficient (Wildman–Crippen LogP) is 13.4. The van der Waals surface area contributed by atoms with Crippen molar-refractivity contribution in [3.05, 3.63) is 138 Å². The van der Waals surface area contributed by atoms with Crippen molar-refractivity contribution in [3.63, 3.8) is 0 Å². The van der Waals surface area contributed by atoms with Crippen molar-refractivity contribution in [3.8, 4) is 5.75 Å². The topological polar surface area (TPSA) is 42.0 Å². The standard InChI is InChI=1S/C42H30F5IN2O3/c1-41(2,29-14-4-5-16-32(29)49(3)34-18-9-12-26-25-11-8-15-30(43)37(25)51-39(26)34)23-24-21-28-27-13-10-19-35(40(27)52-38(28)31(44)22-24)50(48)33-17-6-7-20-36(33)53-42(45,46)47/h4-22H,23H2,1-3H3. The smallest absolute Gasteiger partial charge is 0.451 e. The van der Waals surface area contributed by atoms with Gasteiger partial charge >= 0.3 is 6.36 Å². The lowest BCUT2D eigenvalue weighted by molar-refractivity contribution is -0.274. The quantitative estimate of drug-likeness (QED) is 0.0867. The maximum absolute atomic E-state index is 16.0. The summed E-state index contributed by atoms with van der Waals surface area (Å²) in [4.78, 5) is 2.03. The van der Waals surface area contributed by atoms with E-state index in [1.165, 1.54) is 33.4 Å².